The second-order valence-corrected chi connectivity index (χ2v) is 5.13. The minimum absolute atomic E-state index is 0.899. The molecule has 2 fully saturated rings. The summed E-state index contributed by atoms with van der Waals surface area (Å²) in [6.45, 7) is 4.68. The van der Waals surface area contributed by atoms with Gasteiger partial charge in [-0.1, -0.05) is 0 Å². The summed E-state index contributed by atoms with van der Waals surface area (Å²) < 4.78 is 0. The summed E-state index contributed by atoms with van der Waals surface area (Å²) in [6.07, 6.45) is 7.62. The number of nitrogens with one attached hydrogen (secondary N) is 1. The van der Waals surface area contributed by atoms with Crippen LogP contribution in [0.2, 0.25) is 0 Å². The summed E-state index contributed by atoms with van der Waals surface area (Å²) in [5.74, 6) is 2.72. The molecule has 17 heavy (non-hydrogen) atoms. The SMILES string of the molecule is c1cnc(N2CCC([C@H]3CCNC3)CC2)nc1. The van der Waals surface area contributed by atoms with Crippen molar-refractivity contribution in [3.05, 3.63) is 18.5 Å². The van der Waals surface area contributed by atoms with E-state index in [0.29, 0.717) is 0 Å². The number of aromatic nitrogens is 2. The van der Waals surface area contributed by atoms with Crippen molar-refractivity contribution in [3.8, 4) is 0 Å². The standard InChI is InChI=1S/C13H20N4/c1-5-15-13(16-6-1)17-8-3-11(4-9-17)12-2-7-14-10-12/h1,5-6,11-12,14H,2-4,7-10H2/t12-/m0/s1. The molecule has 4 heteroatoms. The molecule has 1 N–H and O–H groups in total. The predicted molar refractivity (Wildman–Crippen MR) is 67.9 cm³/mol. The number of anilines is 1. The third-order valence-electron chi connectivity index (χ3n) is 4.14. The molecule has 1 aromatic rings. The van der Waals surface area contributed by atoms with Crippen LogP contribution in [0, 0.1) is 11.8 Å². The Morgan fingerprint density at radius 1 is 1.06 bits per heavy atom. The van der Waals surface area contributed by atoms with E-state index in [4.69, 9.17) is 0 Å². The Morgan fingerprint density at radius 2 is 1.82 bits per heavy atom. The van der Waals surface area contributed by atoms with E-state index in [-0.39, 0.29) is 0 Å². The minimum atomic E-state index is 0.899. The van der Waals surface area contributed by atoms with Gasteiger partial charge in [0.05, 0.1) is 0 Å². The van der Waals surface area contributed by atoms with Crippen molar-refractivity contribution in [1.29, 1.82) is 0 Å². The molecular weight excluding hydrogens is 212 g/mol. The van der Waals surface area contributed by atoms with Crippen LogP contribution in [-0.2, 0) is 0 Å². The first-order valence-corrected chi connectivity index (χ1v) is 6.66. The zero-order valence-electron chi connectivity index (χ0n) is 10.2. The molecule has 4 nitrogen and oxygen atoms in total. The molecule has 2 aliphatic heterocycles. The summed E-state index contributed by atoms with van der Waals surface area (Å²) >= 11 is 0. The van der Waals surface area contributed by atoms with Crippen LogP contribution >= 0.6 is 0 Å². The largest absolute Gasteiger partial charge is 0.341 e. The van der Waals surface area contributed by atoms with Crippen molar-refractivity contribution in [2.45, 2.75) is 19.3 Å². The molecule has 0 aliphatic carbocycles. The second-order valence-electron chi connectivity index (χ2n) is 5.13. The van der Waals surface area contributed by atoms with Crippen molar-refractivity contribution in [1.82, 2.24) is 15.3 Å². The highest BCUT2D eigenvalue weighted by molar-refractivity contribution is 5.28. The first-order valence-electron chi connectivity index (χ1n) is 6.66. The molecule has 0 bridgehead atoms. The first kappa shape index (κ1) is 11.0. The summed E-state index contributed by atoms with van der Waals surface area (Å²) in [5.41, 5.74) is 0. The van der Waals surface area contributed by atoms with Crippen LogP contribution < -0.4 is 10.2 Å². The van der Waals surface area contributed by atoms with Gasteiger partial charge in [-0.3, -0.25) is 0 Å². The zero-order chi connectivity index (χ0) is 11.5. The Morgan fingerprint density at radius 3 is 2.47 bits per heavy atom. The number of hydrogen-bond donors (Lipinski definition) is 1. The fourth-order valence-electron chi connectivity index (χ4n) is 3.10. The van der Waals surface area contributed by atoms with E-state index in [9.17, 15) is 0 Å². The van der Waals surface area contributed by atoms with Crippen LogP contribution in [0.15, 0.2) is 18.5 Å². The minimum Gasteiger partial charge on any atom is -0.341 e. The Bertz CT molecular complexity index is 340. The van der Waals surface area contributed by atoms with Gasteiger partial charge >= 0.3 is 0 Å². The lowest BCUT2D eigenvalue weighted by atomic mass is 9.84. The molecule has 0 spiro atoms. The highest BCUT2D eigenvalue weighted by atomic mass is 15.2. The van der Waals surface area contributed by atoms with Crippen LogP contribution in [0.4, 0.5) is 5.95 Å². The average Bonchev–Trinajstić information content (AvgIpc) is 2.94. The van der Waals surface area contributed by atoms with Crippen LogP contribution in [0.5, 0.6) is 0 Å². The van der Waals surface area contributed by atoms with Gasteiger partial charge in [0.2, 0.25) is 5.95 Å². The van der Waals surface area contributed by atoms with E-state index in [1.165, 1.54) is 32.4 Å². The third kappa shape index (κ3) is 2.41. The molecule has 0 radical (unpaired) electrons. The van der Waals surface area contributed by atoms with Gasteiger partial charge in [0.1, 0.15) is 0 Å². The monoisotopic (exact) mass is 232 g/mol. The van der Waals surface area contributed by atoms with Gasteiger partial charge in [0.15, 0.2) is 0 Å². The van der Waals surface area contributed by atoms with Crippen LogP contribution in [0.25, 0.3) is 0 Å². The van der Waals surface area contributed by atoms with Crippen molar-refractivity contribution in [3.63, 3.8) is 0 Å². The number of rotatable bonds is 2. The summed E-state index contributed by atoms with van der Waals surface area (Å²) in [5, 5.41) is 3.47. The molecule has 92 valence electrons. The molecule has 2 saturated heterocycles. The first-order chi connectivity index (χ1) is 8.43. The summed E-state index contributed by atoms with van der Waals surface area (Å²) in [6, 6.07) is 1.88. The van der Waals surface area contributed by atoms with Crippen LogP contribution in [0.1, 0.15) is 19.3 Å². The maximum absolute atomic E-state index is 4.33. The Labute approximate surface area is 102 Å². The zero-order valence-corrected chi connectivity index (χ0v) is 10.2. The van der Waals surface area contributed by atoms with E-state index < -0.39 is 0 Å². The molecular formula is C13H20N4. The fourth-order valence-corrected chi connectivity index (χ4v) is 3.10. The smallest absolute Gasteiger partial charge is 0.225 e. The number of hydrogen-bond acceptors (Lipinski definition) is 4. The van der Waals surface area contributed by atoms with Gasteiger partial charge in [-0.05, 0) is 50.3 Å². The van der Waals surface area contributed by atoms with Crippen LogP contribution in [0.3, 0.4) is 0 Å². The van der Waals surface area contributed by atoms with Gasteiger partial charge in [0, 0.05) is 25.5 Å². The highest BCUT2D eigenvalue weighted by Gasteiger charge is 2.28. The lowest BCUT2D eigenvalue weighted by Crippen LogP contribution is -2.37. The topological polar surface area (TPSA) is 41.1 Å². The Balaban J connectivity index is 1.57. The van der Waals surface area contributed by atoms with E-state index >= 15 is 0 Å². The molecule has 0 amide bonds. The molecule has 3 rings (SSSR count). The lowest BCUT2D eigenvalue weighted by Gasteiger charge is -2.34. The molecule has 0 saturated carbocycles. The van der Waals surface area contributed by atoms with Crippen molar-refractivity contribution in [2.24, 2.45) is 11.8 Å². The molecule has 2 aliphatic rings. The molecule has 1 atom stereocenters. The number of nitrogens with zero attached hydrogens (tertiary/aromatic N) is 3. The average molecular weight is 232 g/mol. The molecule has 3 heterocycles. The maximum atomic E-state index is 4.33. The second kappa shape index (κ2) is 5.00. The number of piperidine rings is 1. The summed E-state index contributed by atoms with van der Waals surface area (Å²) in [4.78, 5) is 11.0. The van der Waals surface area contributed by atoms with Crippen molar-refractivity contribution >= 4 is 5.95 Å². The van der Waals surface area contributed by atoms with E-state index in [0.717, 1.165) is 30.9 Å². The van der Waals surface area contributed by atoms with Gasteiger partial charge < -0.3 is 10.2 Å². The molecule has 0 aromatic carbocycles. The predicted octanol–water partition coefficient (Wildman–Crippen LogP) is 1.30. The summed E-state index contributed by atoms with van der Waals surface area (Å²) in [7, 11) is 0. The van der Waals surface area contributed by atoms with E-state index in [1.54, 1.807) is 0 Å². The van der Waals surface area contributed by atoms with E-state index in [1.807, 2.05) is 18.5 Å². The van der Waals surface area contributed by atoms with Crippen molar-refractivity contribution in [2.75, 3.05) is 31.1 Å². The van der Waals surface area contributed by atoms with Crippen molar-refractivity contribution < 1.29 is 0 Å². The van der Waals surface area contributed by atoms with Gasteiger partial charge in [-0.15, -0.1) is 0 Å². The van der Waals surface area contributed by atoms with Gasteiger partial charge in [-0.25, -0.2) is 9.97 Å². The van der Waals surface area contributed by atoms with E-state index in [2.05, 4.69) is 20.2 Å². The lowest BCUT2D eigenvalue weighted by molar-refractivity contribution is 0.291. The Hall–Kier alpha value is -1.16. The third-order valence-corrected chi connectivity index (χ3v) is 4.14. The quantitative estimate of drug-likeness (QED) is 0.834. The molecule has 0 unspecified atom stereocenters. The fraction of sp³-hybridized carbons (Fsp3) is 0.692. The molecule has 1 aromatic heterocycles. The Kier molecular flexibility index (Phi) is 3.22. The maximum Gasteiger partial charge on any atom is 0.225 e. The highest BCUT2D eigenvalue weighted by Crippen LogP contribution is 2.29. The normalized spacial score (nSPS) is 26.4. The van der Waals surface area contributed by atoms with Gasteiger partial charge in [0.25, 0.3) is 0 Å². The van der Waals surface area contributed by atoms with Crippen LogP contribution in [-0.4, -0.2) is 36.1 Å². The van der Waals surface area contributed by atoms with Gasteiger partial charge in [-0.2, -0.15) is 0 Å².